The first-order valence-electron chi connectivity index (χ1n) is 21.4. The Balaban J connectivity index is 0.000000178. The van der Waals surface area contributed by atoms with Gasteiger partial charge in [-0.2, -0.15) is 0 Å². The average Bonchev–Trinajstić information content (AvgIpc) is 3.32. The Hall–Kier alpha value is -5.93. The summed E-state index contributed by atoms with van der Waals surface area (Å²) in [6.45, 7) is 12.9. The molecule has 0 aliphatic rings. The monoisotopic (exact) mass is 1190 g/mol. The molecule has 5 heteroatoms. The van der Waals surface area contributed by atoms with Gasteiger partial charge in [0.15, 0.2) is 0 Å². The van der Waals surface area contributed by atoms with Gasteiger partial charge < -0.3 is 9.97 Å². The van der Waals surface area contributed by atoms with Crippen molar-refractivity contribution in [3.63, 3.8) is 0 Å². The van der Waals surface area contributed by atoms with E-state index in [1.165, 1.54) is 66.8 Å². The standard InChI is InChI=1S/C21H20N.C19H17N.C19H16N.2Ir/c1-3-16-12-17(4-2)14-20(13-16)18-8-7-9-19(15-18)21-10-5-6-11-22-21;2*1-14-10-15(2)12-18(11-14)16-6-5-7-17(13-16)19-8-3-4-9-20-19;;/h5-8,10-15H,3-4H2,1-2H3;3-13H,1-2H3;3-6,8-13H,1-2H3;;/q-1;;-1;;. The summed E-state index contributed by atoms with van der Waals surface area (Å²) in [6.07, 6.45) is 7.59. The smallest absolute Gasteiger partial charge is 0.0702 e. The van der Waals surface area contributed by atoms with Gasteiger partial charge in [0.05, 0.1) is 5.69 Å². The summed E-state index contributed by atoms with van der Waals surface area (Å²) in [6, 6.07) is 65.7. The second-order valence-corrected chi connectivity index (χ2v) is 15.7. The molecule has 0 saturated heterocycles. The van der Waals surface area contributed by atoms with Crippen LogP contribution in [0.2, 0.25) is 0 Å². The van der Waals surface area contributed by atoms with Crippen LogP contribution in [0, 0.1) is 39.8 Å². The first-order valence-corrected chi connectivity index (χ1v) is 21.4. The molecule has 0 atom stereocenters. The topological polar surface area (TPSA) is 38.7 Å². The molecule has 0 fully saturated rings. The Morgan fingerprint density at radius 1 is 0.344 bits per heavy atom. The molecule has 3 heterocycles. The van der Waals surface area contributed by atoms with Crippen LogP contribution in [0.4, 0.5) is 0 Å². The first-order chi connectivity index (χ1) is 30.2. The summed E-state index contributed by atoms with van der Waals surface area (Å²) < 4.78 is 0. The van der Waals surface area contributed by atoms with E-state index in [-0.39, 0.29) is 40.2 Å². The molecule has 0 spiro atoms. The van der Waals surface area contributed by atoms with Gasteiger partial charge in [-0.15, -0.1) is 70.8 Å². The molecule has 2 radical (unpaired) electrons. The summed E-state index contributed by atoms with van der Waals surface area (Å²) in [7, 11) is 0. The molecule has 0 amide bonds. The van der Waals surface area contributed by atoms with E-state index in [4.69, 9.17) is 0 Å². The molecule has 9 aromatic rings. The maximum atomic E-state index is 4.42. The summed E-state index contributed by atoms with van der Waals surface area (Å²) >= 11 is 0. The summed E-state index contributed by atoms with van der Waals surface area (Å²) in [5.41, 5.74) is 21.6. The van der Waals surface area contributed by atoms with Crippen LogP contribution in [0.3, 0.4) is 0 Å². The number of nitrogens with zero attached hydrogens (tertiary/aromatic N) is 3. The zero-order valence-electron chi connectivity index (χ0n) is 37.3. The molecule has 6 aromatic carbocycles. The molecule has 0 N–H and O–H groups in total. The van der Waals surface area contributed by atoms with Crippen molar-refractivity contribution in [3.8, 4) is 67.2 Å². The third-order valence-corrected chi connectivity index (χ3v) is 10.6. The number of benzene rings is 6. The maximum absolute atomic E-state index is 4.42. The van der Waals surface area contributed by atoms with Gasteiger partial charge in [0.2, 0.25) is 0 Å². The summed E-state index contributed by atoms with van der Waals surface area (Å²) in [4.78, 5) is 13.2. The zero-order chi connectivity index (χ0) is 43.3. The molecular weight excluding hydrogens is 1140 g/mol. The molecule has 0 aliphatic heterocycles. The van der Waals surface area contributed by atoms with Crippen LogP contribution in [0.25, 0.3) is 67.2 Å². The van der Waals surface area contributed by atoms with Gasteiger partial charge in [0.1, 0.15) is 0 Å². The SMILES string of the molecule is CCc1cc(CC)cc(-c2cc[c-]c(-c3ccccn3)c2)c1.Cc1cc(C)cc(-c2cc[c-]c(-c3ccccn3)c2)c1.Cc1cc(C)cc(-c2cccc(-c3ccccn3)c2)c1.[Ir].[Ir]. The van der Waals surface area contributed by atoms with Gasteiger partial charge in [-0.3, -0.25) is 4.98 Å². The fourth-order valence-corrected chi connectivity index (χ4v) is 7.64. The van der Waals surface area contributed by atoms with Crippen molar-refractivity contribution in [2.75, 3.05) is 0 Å². The third kappa shape index (κ3) is 13.5. The zero-order valence-corrected chi connectivity index (χ0v) is 42.1. The van der Waals surface area contributed by atoms with E-state index in [1.807, 2.05) is 85.3 Å². The molecule has 3 nitrogen and oxygen atoms in total. The number of rotatable bonds is 8. The summed E-state index contributed by atoms with van der Waals surface area (Å²) in [5, 5.41) is 0. The normalized spacial score (nSPS) is 10.2. The summed E-state index contributed by atoms with van der Waals surface area (Å²) in [5.74, 6) is 0. The van der Waals surface area contributed by atoms with E-state index in [2.05, 4.69) is 172 Å². The minimum atomic E-state index is 0. The van der Waals surface area contributed by atoms with Crippen LogP contribution in [-0.2, 0) is 53.1 Å². The Morgan fingerprint density at radius 2 is 0.734 bits per heavy atom. The fraction of sp³-hybridized carbons (Fsp3) is 0.136. The molecule has 0 saturated carbocycles. The number of hydrogen-bond donors (Lipinski definition) is 0. The van der Waals surface area contributed by atoms with E-state index in [9.17, 15) is 0 Å². The Morgan fingerprint density at radius 3 is 1.14 bits per heavy atom. The van der Waals surface area contributed by atoms with Crippen LogP contribution >= 0.6 is 0 Å². The minimum Gasteiger partial charge on any atom is -0.305 e. The van der Waals surface area contributed by atoms with E-state index < -0.39 is 0 Å². The molecule has 324 valence electrons. The first kappa shape index (κ1) is 49.1. The predicted molar refractivity (Wildman–Crippen MR) is 261 cm³/mol. The predicted octanol–water partition coefficient (Wildman–Crippen LogP) is 15.2. The van der Waals surface area contributed by atoms with E-state index in [1.54, 1.807) is 0 Å². The van der Waals surface area contributed by atoms with Crippen molar-refractivity contribution in [2.24, 2.45) is 0 Å². The molecule has 0 bridgehead atoms. The van der Waals surface area contributed by atoms with Crippen molar-refractivity contribution < 1.29 is 40.2 Å². The molecule has 0 unspecified atom stereocenters. The molecule has 0 aliphatic carbocycles. The molecule has 9 rings (SSSR count). The van der Waals surface area contributed by atoms with E-state index >= 15 is 0 Å². The van der Waals surface area contributed by atoms with Gasteiger partial charge in [-0.05, 0) is 116 Å². The number of hydrogen-bond acceptors (Lipinski definition) is 3. The van der Waals surface area contributed by atoms with Crippen molar-refractivity contribution in [3.05, 3.63) is 234 Å². The average molecular weight is 1190 g/mol. The molecule has 3 aromatic heterocycles. The second-order valence-electron chi connectivity index (χ2n) is 15.7. The quantitative estimate of drug-likeness (QED) is 0.142. The Kier molecular flexibility index (Phi) is 18.6. The van der Waals surface area contributed by atoms with Crippen LogP contribution < -0.4 is 0 Å². The number of pyridine rings is 3. The van der Waals surface area contributed by atoms with Gasteiger partial charge in [0.25, 0.3) is 0 Å². The van der Waals surface area contributed by atoms with Crippen LogP contribution in [0.1, 0.15) is 47.2 Å². The minimum absolute atomic E-state index is 0. The Labute approximate surface area is 407 Å². The van der Waals surface area contributed by atoms with Crippen molar-refractivity contribution in [1.29, 1.82) is 0 Å². The largest absolute Gasteiger partial charge is 0.305 e. The van der Waals surface area contributed by atoms with Gasteiger partial charge in [-0.1, -0.05) is 139 Å². The van der Waals surface area contributed by atoms with Gasteiger partial charge in [0, 0.05) is 64.4 Å². The van der Waals surface area contributed by atoms with Crippen molar-refractivity contribution >= 4 is 0 Å². The third-order valence-electron chi connectivity index (χ3n) is 10.6. The number of aryl methyl sites for hydroxylation is 6. The van der Waals surface area contributed by atoms with Crippen molar-refractivity contribution in [1.82, 2.24) is 15.0 Å². The second kappa shape index (κ2) is 24.2. The maximum Gasteiger partial charge on any atom is 0.0702 e. The van der Waals surface area contributed by atoms with Crippen LogP contribution in [-0.4, -0.2) is 15.0 Å². The van der Waals surface area contributed by atoms with Crippen LogP contribution in [0.5, 0.6) is 0 Å². The fourth-order valence-electron chi connectivity index (χ4n) is 7.64. The van der Waals surface area contributed by atoms with Crippen molar-refractivity contribution in [2.45, 2.75) is 54.4 Å². The molecular formula is C59H53Ir2N3-2. The van der Waals surface area contributed by atoms with Gasteiger partial charge in [-0.25, -0.2) is 0 Å². The van der Waals surface area contributed by atoms with E-state index in [0.29, 0.717) is 0 Å². The van der Waals surface area contributed by atoms with Crippen LogP contribution in [0.15, 0.2) is 188 Å². The van der Waals surface area contributed by atoms with Gasteiger partial charge >= 0.3 is 0 Å². The molecule has 64 heavy (non-hydrogen) atoms. The Bertz CT molecular complexity index is 2670. The van der Waals surface area contributed by atoms with E-state index in [0.717, 1.165) is 46.6 Å². The number of aromatic nitrogens is 3.